The largest absolute Gasteiger partial charge is 0.481 e. The molecule has 0 bridgehead atoms. The number of rotatable bonds is 2. The van der Waals surface area contributed by atoms with Crippen molar-refractivity contribution in [3.05, 3.63) is 35.9 Å². The summed E-state index contributed by atoms with van der Waals surface area (Å²) >= 11 is 0. The van der Waals surface area contributed by atoms with Crippen LogP contribution >= 0.6 is 0 Å². The van der Waals surface area contributed by atoms with E-state index in [4.69, 9.17) is 4.74 Å². The first-order valence-electron chi connectivity index (χ1n) is 6.93. The topological polar surface area (TPSA) is 76.6 Å². The minimum Gasteiger partial charge on any atom is -0.481 e. The van der Waals surface area contributed by atoms with Crippen LogP contribution in [0.15, 0.2) is 30.3 Å². The molecule has 7 heteroatoms. The molecule has 0 N–H and O–H groups in total. The number of benzene rings is 1. The van der Waals surface area contributed by atoms with Crippen LogP contribution in [-0.2, 0) is 9.84 Å². The molecule has 3 rings (SSSR count). The summed E-state index contributed by atoms with van der Waals surface area (Å²) in [7, 11) is -1.44. The molecule has 0 saturated carbocycles. The standard InChI is InChI=1S/C15H16N2O4S/c1-21-14-5-3-11-10-12(2-4-13(11)16-14)15(18)17-6-8-22(19,20)9-7-17/h2-5,10H,6-9H2,1H3. The van der Waals surface area contributed by atoms with E-state index >= 15 is 0 Å². The molecule has 2 heterocycles. The Morgan fingerprint density at radius 3 is 2.59 bits per heavy atom. The molecule has 1 saturated heterocycles. The van der Waals surface area contributed by atoms with Gasteiger partial charge in [-0.1, -0.05) is 0 Å². The molecule has 6 nitrogen and oxygen atoms in total. The van der Waals surface area contributed by atoms with E-state index < -0.39 is 9.84 Å². The number of carbonyl (C=O) groups excluding carboxylic acids is 1. The monoisotopic (exact) mass is 320 g/mol. The molecule has 116 valence electrons. The normalized spacial score (nSPS) is 17.4. The van der Waals surface area contributed by atoms with Crippen LogP contribution in [-0.4, -0.2) is 55.9 Å². The van der Waals surface area contributed by atoms with Gasteiger partial charge < -0.3 is 9.64 Å². The molecule has 1 aliphatic rings. The minimum atomic E-state index is -2.99. The van der Waals surface area contributed by atoms with Crippen molar-refractivity contribution in [3.63, 3.8) is 0 Å². The van der Waals surface area contributed by atoms with E-state index in [1.54, 1.807) is 36.3 Å². The molecular formula is C15H16N2O4S. The van der Waals surface area contributed by atoms with Crippen LogP contribution in [0.4, 0.5) is 0 Å². The van der Waals surface area contributed by atoms with Gasteiger partial charge in [0.15, 0.2) is 9.84 Å². The Hall–Kier alpha value is -2.15. The fraction of sp³-hybridized carbons (Fsp3) is 0.333. The van der Waals surface area contributed by atoms with Crippen molar-refractivity contribution in [2.24, 2.45) is 0 Å². The fourth-order valence-electron chi connectivity index (χ4n) is 2.45. The molecule has 0 unspecified atom stereocenters. The van der Waals surface area contributed by atoms with E-state index in [2.05, 4.69) is 4.98 Å². The average molecular weight is 320 g/mol. The lowest BCUT2D eigenvalue weighted by molar-refractivity contribution is 0.0770. The van der Waals surface area contributed by atoms with Gasteiger partial charge in [0.1, 0.15) is 0 Å². The lowest BCUT2D eigenvalue weighted by atomic mass is 10.1. The molecule has 1 aromatic heterocycles. The van der Waals surface area contributed by atoms with Gasteiger partial charge in [0.25, 0.3) is 5.91 Å². The number of amides is 1. The molecule has 0 aliphatic carbocycles. The van der Waals surface area contributed by atoms with Gasteiger partial charge in [-0.15, -0.1) is 0 Å². The summed E-state index contributed by atoms with van der Waals surface area (Å²) in [5.41, 5.74) is 1.29. The number of sulfone groups is 1. The molecule has 1 aromatic carbocycles. The van der Waals surface area contributed by atoms with Crippen LogP contribution < -0.4 is 4.74 Å². The highest BCUT2D eigenvalue weighted by Gasteiger charge is 2.25. The fourth-order valence-corrected chi connectivity index (χ4v) is 3.65. The molecule has 1 aliphatic heterocycles. The van der Waals surface area contributed by atoms with E-state index in [1.165, 1.54) is 0 Å². The zero-order valence-electron chi connectivity index (χ0n) is 12.2. The Morgan fingerprint density at radius 2 is 1.91 bits per heavy atom. The lowest BCUT2D eigenvalue weighted by Crippen LogP contribution is -2.43. The molecule has 1 amide bonds. The second-order valence-electron chi connectivity index (χ2n) is 5.21. The highest BCUT2D eigenvalue weighted by molar-refractivity contribution is 7.91. The molecular weight excluding hydrogens is 304 g/mol. The van der Waals surface area contributed by atoms with E-state index in [0.29, 0.717) is 11.4 Å². The van der Waals surface area contributed by atoms with Crippen LogP contribution in [0, 0.1) is 0 Å². The first-order valence-corrected chi connectivity index (χ1v) is 8.75. The molecule has 1 fully saturated rings. The summed E-state index contributed by atoms with van der Waals surface area (Å²) in [6.07, 6.45) is 0. The third-order valence-electron chi connectivity index (χ3n) is 3.75. The number of fused-ring (bicyclic) bond motifs is 1. The Bertz CT molecular complexity index is 819. The smallest absolute Gasteiger partial charge is 0.253 e. The highest BCUT2D eigenvalue weighted by atomic mass is 32.2. The van der Waals surface area contributed by atoms with Crippen molar-refractivity contribution in [2.45, 2.75) is 0 Å². The Balaban J connectivity index is 1.85. The van der Waals surface area contributed by atoms with Gasteiger partial charge >= 0.3 is 0 Å². The zero-order chi connectivity index (χ0) is 15.7. The summed E-state index contributed by atoms with van der Waals surface area (Å²) in [5.74, 6) is 0.441. The summed E-state index contributed by atoms with van der Waals surface area (Å²) in [6, 6.07) is 8.84. The van der Waals surface area contributed by atoms with E-state index in [9.17, 15) is 13.2 Å². The van der Waals surface area contributed by atoms with Gasteiger partial charge in [0.2, 0.25) is 5.88 Å². The Kier molecular flexibility index (Phi) is 3.74. The van der Waals surface area contributed by atoms with Gasteiger partial charge in [-0.25, -0.2) is 13.4 Å². The zero-order valence-corrected chi connectivity index (χ0v) is 13.0. The number of methoxy groups -OCH3 is 1. The third kappa shape index (κ3) is 2.89. The predicted octanol–water partition coefficient (Wildman–Crippen LogP) is 1.11. The van der Waals surface area contributed by atoms with Crippen LogP contribution in [0.5, 0.6) is 5.88 Å². The molecule has 22 heavy (non-hydrogen) atoms. The maximum absolute atomic E-state index is 12.5. The van der Waals surface area contributed by atoms with E-state index in [0.717, 1.165) is 10.9 Å². The van der Waals surface area contributed by atoms with Gasteiger partial charge in [-0.3, -0.25) is 4.79 Å². The first-order chi connectivity index (χ1) is 10.5. The molecule has 2 aromatic rings. The van der Waals surface area contributed by atoms with Gasteiger partial charge in [-0.2, -0.15) is 0 Å². The van der Waals surface area contributed by atoms with Crippen LogP contribution in [0.3, 0.4) is 0 Å². The Morgan fingerprint density at radius 1 is 1.18 bits per heavy atom. The number of nitrogens with zero attached hydrogens (tertiary/aromatic N) is 2. The first kappa shape index (κ1) is 14.8. The van der Waals surface area contributed by atoms with Crippen molar-refractivity contribution in [1.29, 1.82) is 0 Å². The number of carbonyl (C=O) groups is 1. The van der Waals surface area contributed by atoms with Crippen LogP contribution in [0.1, 0.15) is 10.4 Å². The molecule has 0 radical (unpaired) electrons. The van der Waals surface area contributed by atoms with E-state index in [-0.39, 0.29) is 30.5 Å². The van der Waals surface area contributed by atoms with Gasteiger partial charge in [0.05, 0.1) is 24.1 Å². The number of hydrogen-bond donors (Lipinski definition) is 0. The van der Waals surface area contributed by atoms with Gasteiger partial charge in [0, 0.05) is 30.1 Å². The second kappa shape index (κ2) is 5.57. The number of pyridine rings is 1. The quantitative estimate of drug-likeness (QED) is 0.828. The van der Waals surface area contributed by atoms with Crippen molar-refractivity contribution in [3.8, 4) is 5.88 Å². The summed E-state index contributed by atoms with van der Waals surface area (Å²) in [5, 5.41) is 0.844. The minimum absolute atomic E-state index is 0.0328. The van der Waals surface area contributed by atoms with Gasteiger partial charge in [-0.05, 0) is 24.3 Å². The Labute approximate surface area is 128 Å². The average Bonchev–Trinajstić information content (AvgIpc) is 2.53. The van der Waals surface area contributed by atoms with Crippen LogP contribution in [0.25, 0.3) is 10.9 Å². The summed E-state index contributed by atoms with van der Waals surface area (Å²) in [6.45, 7) is 0.500. The maximum atomic E-state index is 12.5. The highest BCUT2D eigenvalue weighted by Crippen LogP contribution is 2.19. The van der Waals surface area contributed by atoms with E-state index in [1.807, 2.05) is 6.07 Å². The van der Waals surface area contributed by atoms with Crippen molar-refractivity contribution >= 4 is 26.6 Å². The molecule has 0 atom stereocenters. The predicted molar refractivity (Wildman–Crippen MR) is 82.9 cm³/mol. The number of aromatic nitrogens is 1. The van der Waals surface area contributed by atoms with Crippen LogP contribution in [0.2, 0.25) is 0 Å². The second-order valence-corrected chi connectivity index (χ2v) is 7.51. The molecule has 0 spiro atoms. The summed E-state index contributed by atoms with van der Waals surface area (Å²) in [4.78, 5) is 18.3. The van der Waals surface area contributed by atoms with Crippen molar-refractivity contribution < 1.29 is 17.9 Å². The SMILES string of the molecule is COc1ccc2cc(C(=O)N3CCS(=O)(=O)CC3)ccc2n1. The summed E-state index contributed by atoms with van der Waals surface area (Å²) < 4.78 is 27.9. The van der Waals surface area contributed by atoms with Crippen molar-refractivity contribution in [2.75, 3.05) is 31.7 Å². The number of hydrogen-bond acceptors (Lipinski definition) is 5. The maximum Gasteiger partial charge on any atom is 0.253 e. The number of ether oxygens (including phenoxy) is 1. The lowest BCUT2D eigenvalue weighted by Gasteiger charge is -2.26. The third-order valence-corrected chi connectivity index (χ3v) is 5.36. The van der Waals surface area contributed by atoms with Crippen molar-refractivity contribution in [1.82, 2.24) is 9.88 Å².